The summed E-state index contributed by atoms with van der Waals surface area (Å²) in [7, 11) is 0. The molecule has 29 heavy (non-hydrogen) atoms. The third-order valence-corrected chi connectivity index (χ3v) is 5.18. The highest BCUT2D eigenvalue weighted by Crippen LogP contribution is 2.16. The van der Waals surface area contributed by atoms with Crippen molar-refractivity contribution in [1.29, 1.82) is 0 Å². The molecule has 164 valence electrons. The predicted octanol–water partition coefficient (Wildman–Crippen LogP) is 2.78. The van der Waals surface area contributed by atoms with Crippen molar-refractivity contribution in [2.75, 3.05) is 32.7 Å². The van der Waals surface area contributed by atoms with Gasteiger partial charge in [0.15, 0.2) is 5.96 Å². The van der Waals surface area contributed by atoms with Crippen LogP contribution >= 0.6 is 24.0 Å². The molecular weight excluding hydrogens is 484 g/mol. The number of nitrogens with zero attached hydrogens (tertiary/aromatic N) is 2. The number of halogens is 2. The summed E-state index contributed by atoms with van der Waals surface area (Å²) < 4.78 is 13.6. The van der Waals surface area contributed by atoms with E-state index < -0.39 is 0 Å². The number of carbonyl (C=O) groups excluding carboxylic acids is 1. The first-order valence-electron chi connectivity index (χ1n) is 10.3. The van der Waals surface area contributed by atoms with Crippen molar-refractivity contribution in [3.8, 4) is 0 Å². The summed E-state index contributed by atoms with van der Waals surface area (Å²) in [5, 5.41) is 6.57. The second kappa shape index (κ2) is 13.7. The summed E-state index contributed by atoms with van der Waals surface area (Å²) in [5.41, 5.74) is 6.89. The van der Waals surface area contributed by atoms with E-state index in [1.54, 1.807) is 19.1 Å². The van der Waals surface area contributed by atoms with E-state index >= 15 is 0 Å². The van der Waals surface area contributed by atoms with E-state index in [0.717, 1.165) is 69.9 Å². The molecule has 1 saturated heterocycles. The van der Waals surface area contributed by atoms with Gasteiger partial charge in [-0.05, 0) is 76.4 Å². The van der Waals surface area contributed by atoms with Crippen LogP contribution in [0.5, 0.6) is 0 Å². The molecule has 0 saturated carbocycles. The van der Waals surface area contributed by atoms with Gasteiger partial charge in [0.2, 0.25) is 5.91 Å². The maximum Gasteiger partial charge on any atom is 0.220 e. The van der Waals surface area contributed by atoms with Crippen LogP contribution in [0.3, 0.4) is 0 Å². The first kappa shape index (κ1) is 25.6. The molecule has 1 heterocycles. The Morgan fingerprint density at radius 3 is 2.62 bits per heavy atom. The van der Waals surface area contributed by atoms with Gasteiger partial charge in [0.25, 0.3) is 0 Å². The molecule has 2 rings (SSSR count). The zero-order valence-corrected chi connectivity index (χ0v) is 19.9. The van der Waals surface area contributed by atoms with E-state index in [0.29, 0.717) is 12.1 Å². The van der Waals surface area contributed by atoms with E-state index in [4.69, 9.17) is 5.73 Å². The van der Waals surface area contributed by atoms with Gasteiger partial charge in [0.05, 0.1) is 6.54 Å². The van der Waals surface area contributed by atoms with Gasteiger partial charge in [-0.3, -0.25) is 4.79 Å². The number of rotatable bonds is 9. The lowest BCUT2D eigenvalue weighted by molar-refractivity contribution is -0.123. The average Bonchev–Trinajstić information content (AvgIpc) is 2.68. The summed E-state index contributed by atoms with van der Waals surface area (Å²) in [4.78, 5) is 18.2. The average molecular weight is 519 g/mol. The maximum absolute atomic E-state index is 13.6. The van der Waals surface area contributed by atoms with Crippen molar-refractivity contribution < 1.29 is 9.18 Å². The molecular formula is C21H35FIN5O. The van der Waals surface area contributed by atoms with Crippen LogP contribution in [0.1, 0.15) is 43.7 Å². The van der Waals surface area contributed by atoms with Gasteiger partial charge in [-0.1, -0.05) is 12.1 Å². The maximum atomic E-state index is 13.6. The highest BCUT2D eigenvalue weighted by Gasteiger charge is 2.22. The molecule has 0 radical (unpaired) electrons. The van der Waals surface area contributed by atoms with E-state index in [-0.39, 0.29) is 41.6 Å². The Morgan fingerprint density at radius 1 is 1.28 bits per heavy atom. The van der Waals surface area contributed by atoms with Crippen molar-refractivity contribution in [2.45, 2.75) is 46.1 Å². The molecule has 0 aliphatic carbocycles. The first-order chi connectivity index (χ1) is 13.5. The fourth-order valence-electron chi connectivity index (χ4n) is 3.36. The largest absolute Gasteiger partial charge is 0.369 e. The lowest BCUT2D eigenvalue weighted by Crippen LogP contribution is -2.39. The molecule has 8 heteroatoms. The fraction of sp³-hybridized carbons (Fsp3) is 0.619. The van der Waals surface area contributed by atoms with E-state index in [1.807, 2.05) is 13.0 Å². The van der Waals surface area contributed by atoms with E-state index in [9.17, 15) is 9.18 Å². The number of hydrogen-bond donors (Lipinski definition) is 3. The molecule has 1 aromatic rings. The predicted molar refractivity (Wildman–Crippen MR) is 127 cm³/mol. The van der Waals surface area contributed by atoms with E-state index in [1.165, 1.54) is 0 Å². The number of nitrogens with one attached hydrogen (secondary N) is 2. The van der Waals surface area contributed by atoms with Crippen LogP contribution in [0, 0.1) is 18.7 Å². The number of aryl methyl sites for hydroxylation is 1. The number of nitrogens with two attached hydrogens (primary N) is 1. The number of carbonyl (C=O) groups is 1. The minimum absolute atomic E-state index is 0. The first-order valence-corrected chi connectivity index (χ1v) is 10.3. The zero-order valence-electron chi connectivity index (χ0n) is 17.5. The Kier molecular flexibility index (Phi) is 12.1. The molecule has 1 aromatic carbocycles. The number of likely N-dealkylation sites (tertiary alicyclic amines) is 1. The Morgan fingerprint density at radius 2 is 2.00 bits per heavy atom. The zero-order chi connectivity index (χ0) is 20.4. The van der Waals surface area contributed by atoms with E-state index in [2.05, 4.69) is 20.5 Å². The number of amides is 1. The monoisotopic (exact) mass is 519 g/mol. The molecule has 1 amide bonds. The highest BCUT2D eigenvalue weighted by atomic mass is 127. The Hall–Kier alpha value is -1.42. The molecule has 0 aromatic heterocycles. The standard InChI is InChI=1S/C21H34FN5O.HI/c1-3-24-21(26-15-17-7-6-16(2)19(22)14-17)25-10-4-5-11-27-12-8-18(9-13-27)20(23)28;/h6-7,14,18H,3-5,8-13,15H2,1-2H3,(H2,23,28)(H2,24,25,26);1H. The smallest absolute Gasteiger partial charge is 0.220 e. The number of guanidine groups is 1. The van der Waals surface area contributed by atoms with Crippen LogP contribution in [0.2, 0.25) is 0 Å². The second-order valence-electron chi connectivity index (χ2n) is 7.43. The number of piperidine rings is 1. The number of aliphatic imine (C=N–C) groups is 1. The third-order valence-electron chi connectivity index (χ3n) is 5.18. The Labute approximate surface area is 190 Å². The van der Waals surface area contributed by atoms with Gasteiger partial charge in [0, 0.05) is 19.0 Å². The minimum atomic E-state index is -0.189. The molecule has 0 bridgehead atoms. The molecule has 1 aliphatic heterocycles. The van der Waals surface area contributed by atoms with Crippen LogP contribution in [0.25, 0.3) is 0 Å². The van der Waals surface area contributed by atoms with Crippen LogP contribution in [0.15, 0.2) is 23.2 Å². The van der Waals surface area contributed by atoms with Gasteiger partial charge in [-0.25, -0.2) is 9.38 Å². The molecule has 1 aliphatic rings. The summed E-state index contributed by atoms with van der Waals surface area (Å²) in [5.74, 6) is 0.461. The normalized spacial score (nSPS) is 15.6. The molecule has 0 unspecified atom stereocenters. The molecule has 0 spiro atoms. The summed E-state index contributed by atoms with van der Waals surface area (Å²) in [6, 6.07) is 5.24. The summed E-state index contributed by atoms with van der Waals surface area (Å²) in [6.45, 7) is 8.81. The van der Waals surface area contributed by atoms with Crippen LogP contribution in [-0.4, -0.2) is 49.5 Å². The van der Waals surface area contributed by atoms with Crippen LogP contribution in [-0.2, 0) is 11.3 Å². The highest BCUT2D eigenvalue weighted by molar-refractivity contribution is 14.0. The Bertz CT molecular complexity index is 662. The quantitative estimate of drug-likeness (QED) is 0.203. The number of primary amides is 1. The summed E-state index contributed by atoms with van der Waals surface area (Å²) >= 11 is 0. The molecule has 0 atom stereocenters. The minimum Gasteiger partial charge on any atom is -0.369 e. The number of hydrogen-bond acceptors (Lipinski definition) is 3. The van der Waals surface area contributed by atoms with Crippen LogP contribution in [0.4, 0.5) is 4.39 Å². The van der Waals surface area contributed by atoms with Crippen molar-refractivity contribution in [2.24, 2.45) is 16.6 Å². The number of unbranched alkanes of at least 4 members (excludes halogenated alkanes) is 1. The molecule has 6 nitrogen and oxygen atoms in total. The van der Waals surface area contributed by atoms with Gasteiger partial charge < -0.3 is 21.3 Å². The fourth-order valence-corrected chi connectivity index (χ4v) is 3.36. The Balaban J connectivity index is 0.00000420. The summed E-state index contributed by atoms with van der Waals surface area (Å²) in [6.07, 6.45) is 3.89. The van der Waals surface area contributed by atoms with Gasteiger partial charge in [-0.15, -0.1) is 24.0 Å². The number of benzene rings is 1. The van der Waals surface area contributed by atoms with Crippen molar-refractivity contribution >= 4 is 35.8 Å². The van der Waals surface area contributed by atoms with Crippen molar-refractivity contribution in [3.05, 3.63) is 35.1 Å². The molecule has 4 N–H and O–H groups in total. The van der Waals surface area contributed by atoms with Gasteiger partial charge in [-0.2, -0.15) is 0 Å². The van der Waals surface area contributed by atoms with Gasteiger partial charge in [0.1, 0.15) is 5.82 Å². The lowest BCUT2D eigenvalue weighted by Gasteiger charge is -2.30. The molecule has 1 fully saturated rings. The SMILES string of the molecule is CCNC(=NCc1ccc(C)c(F)c1)NCCCCN1CCC(C(N)=O)CC1.I. The van der Waals surface area contributed by atoms with Crippen LogP contribution < -0.4 is 16.4 Å². The lowest BCUT2D eigenvalue weighted by atomic mass is 9.96. The van der Waals surface area contributed by atoms with Crippen molar-refractivity contribution in [1.82, 2.24) is 15.5 Å². The second-order valence-corrected chi connectivity index (χ2v) is 7.43. The van der Waals surface area contributed by atoms with Crippen molar-refractivity contribution in [3.63, 3.8) is 0 Å². The topological polar surface area (TPSA) is 82.8 Å². The third kappa shape index (κ3) is 9.29. The van der Waals surface area contributed by atoms with Gasteiger partial charge >= 0.3 is 0 Å².